The number of nitrogens with zero attached hydrogens (tertiary/aromatic N) is 2. The predicted octanol–water partition coefficient (Wildman–Crippen LogP) is 4.11. The number of amides is 2. The smallest absolute Gasteiger partial charge is 0.410 e. The molecule has 0 saturated carbocycles. The molecule has 1 fully saturated rings. The molecule has 26 heavy (non-hydrogen) atoms. The molecule has 1 aliphatic heterocycles. The van der Waals surface area contributed by atoms with Crippen molar-refractivity contribution < 1.29 is 14.3 Å². The van der Waals surface area contributed by atoms with Crippen LogP contribution in [-0.4, -0.2) is 53.6 Å². The second kappa shape index (κ2) is 7.50. The Morgan fingerprint density at radius 3 is 2.19 bits per heavy atom. The van der Waals surface area contributed by atoms with Crippen molar-refractivity contribution in [3.8, 4) is 11.1 Å². The van der Waals surface area contributed by atoms with E-state index in [-0.39, 0.29) is 12.0 Å². The maximum absolute atomic E-state index is 13.0. The van der Waals surface area contributed by atoms with E-state index in [0.717, 1.165) is 16.0 Å². The van der Waals surface area contributed by atoms with Crippen LogP contribution in [0, 0.1) is 0 Å². The van der Waals surface area contributed by atoms with Crippen molar-refractivity contribution in [3.05, 3.63) is 46.7 Å². The molecule has 0 aliphatic carbocycles. The minimum atomic E-state index is -0.508. The largest absolute Gasteiger partial charge is 0.444 e. The summed E-state index contributed by atoms with van der Waals surface area (Å²) < 4.78 is 5.41. The first-order valence-corrected chi connectivity index (χ1v) is 9.63. The van der Waals surface area contributed by atoms with Gasteiger partial charge in [0.05, 0.1) is 4.88 Å². The molecule has 1 saturated heterocycles. The lowest BCUT2D eigenvalue weighted by molar-refractivity contribution is 0.0141. The highest BCUT2D eigenvalue weighted by Gasteiger charge is 2.29. The van der Waals surface area contributed by atoms with Gasteiger partial charge in [-0.1, -0.05) is 30.3 Å². The van der Waals surface area contributed by atoms with Gasteiger partial charge in [0.1, 0.15) is 5.60 Å². The van der Waals surface area contributed by atoms with Crippen LogP contribution in [-0.2, 0) is 4.74 Å². The maximum Gasteiger partial charge on any atom is 0.410 e. The van der Waals surface area contributed by atoms with Crippen molar-refractivity contribution in [1.29, 1.82) is 0 Å². The van der Waals surface area contributed by atoms with E-state index >= 15 is 0 Å². The molecule has 2 aromatic rings. The standard InChI is InChI=1S/C20H24N2O3S/c1-20(2,3)25-19(24)22-12-10-21(11-13-22)18(23)17-16(9-14-26-17)15-7-5-4-6-8-15/h4-9,14H,10-13H2,1-3H3. The van der Waals surface area contributed by atoms with Crippen LogP contribution in [0.2, 0.25) is 0 Å². The summed E-state index contributed by atoms with van der Waals surface area (Å²) in [5.41, 5.74) is 1.51. The van der Waals surface area contributed by atoms with Gasteiger partial charge in [-0.25, -0.2) is 4.79 Å². The molecule has 2 amide bonds. The van der Waals surface area contributed by atoms with Crippen LogP contribution >= 0.6 is 11.3 Å². The second-order valence-corrected chi connectivity index (χ2v) is 8.21. The molecule has 0 N–H and O–H groups in total. The molecular weight excluding hydrogens is 348 g/mol. The summed E-state index contributed by atoms with van der Waals surface area (Å²) in [6, 6.07) is 11.9. The quantitative estimate of drug-likeness (QED) is 0.797. The van der Waals surface area contributed by atoms with Crippen LogP contribution in [0.3, 0.4) is 0 Å². The zero-order valence-electron chi connectivity index (χ0n) is 15.4. The van der Waals surface area contributed by atoms with Crippen molar-refractivity contribution >= 4 is 23.3 Å². The highest BCUT2D eigenvalue weighted by Crippen LogP contribution is 2.29. The van der Waals surface area contributed by atoms with E-state index in [4.69, 9.17) is 4.74 Å². The Morgan fingerprint density at radius 1 is 0.962 bits per heavy atom. The first-order chi connectivity index (χ1) is 12.3. The van der Waals surface area contributed by atoms with Gasteiger partial charge in [0, 0.05) is 31.7 Å². The van der Waals surface area contributed by atoms with E-state index in [1.165, 1.54) is 11.3 Å². The van der Waals surface area contributed by atoms with Crippen LogP contribution in [0.25, 0.3) is 11.1 Å². The number of carbonyl (C=O) groups excluding carboxylic acids is 2. The lowest BCUT2D eigenvalue weighted by Gasteiger charge is -2.35. The van der Waals surface area contributed by atoms with Crippen molar-refractivity contribution in [3.63, 3.8) is 0 Å². The van der Waals surface area contributed by atoms with Crippen LogP contribution in [0.15, 0.2) is 41.8 Å². The lowest BCUT2D eigenvalue weighted by atomic mass is 10.1. The van der Waals surface area contributed by atoms with Crippen molar-refractivity contribution in [2.24, 2.45) is 0 Å². The Hall–Kier alpha value is -2.34. The lowest BCUT2D eigenvalue weighted by Crippen LogP contribution is -2.51. The van der Waals surface area contributed by atoms with Gasteiger partial charge >= 0.3 is 6.09 Å². The number of thiophene rings is 1. The van der Waals surface area contributed by atoms with E-state index in [1.54, 1.807) is 4.90 Å². The topological polar surface area (TPSA) is 49.9 Å². The second-order valence-electron chi connectivity index (χ2n) is 7.29. The van der Waals surface area contributed by atoms with Crippen LogP contribution in [0.5, 0.6) is 0 Å². The molecule has 1 aliphatic rings. The number of hydrogen-bond donors (Lipinski definition) is 0. The van der Waals surface area contributed by atoms with Gasteiger partial charge in [0.2, 0.25) is 0 Å². The summed E-state index contributed by atoms with van der Waals surface area (Å²) in [5, 5.41) is 1.95. The van der Waals surface area contributed by atoms with Crippen molar-refractivity contribution in [1.82, 2.24) is 9.80 Å². The fraction of sp³-hybridized carbons (Fsp3) is 0.400. The molecule has 0 radical (unpaired) electrons. The summed E-state index contributed by atoms with van der Waals surface area (Å²) in [6.07, 6.45) is -0.314. The van der Waals surface area contributed by atoms with Gasteiger partial charge in [-0.2, -0.15) is 0 Å². The summed E-state index contributed by atoms with van der Waals surface area (Å²) >= 11 is 1.46. The fourth-order valence-electron chi connectivity index (χ4n) is 2.88. The van der Waals surface area contributed by atoms with Gasteiger partial charge in [-0.15, -0.1) is 11.3 Å². The number of hydrogen-bond acceptors (Lipinski definition) is 4. The Morgan fingerprint density at radius 2 is 1.58 bits per heavy atom. The number of carbonyl (C=O) groups is 2. The first-order valence-electron chi connectivity index (χ1n) is 8.75. The maximum atomic E-state index is 13.0. The average Bonchev–Trinajstić information content (AvgIpc) is 3.10. The predicted molar refractivity (Wildman–Crippen MR) is 103 cm³/mol. The van der Waals surface area contributed by atoms with Crippen LogP contribution < -0.4 is 0 Å². The molecular formula is C20H24N2O3S. The molecule has 2 heterocycles. The minimum absolute atomic E-state index is 0.0303. The monoisotopic (exact) mass is 372 g/mol. The van der Waals surface area contributed by atoms with Gasteiger partial charge in [-0.05, 0) is 37.8 Å². The molecule has 6 heteroatoms. The van der Waals surface area contributed by atoms with Gasteiger partial charge in [0.25, 0.3) is 5.91 Å². The molecule has 5 nitrogen and oxygen atoms in total. The van der Waals surface area contributed by atoms with Crippen molar-refractivity contribution in [2.75, 3.05) is 26.2 Å². The normalized spacial score (nSPS) is 15.0. The molecule has 1 aromatic carbocycles. The molecule has 0 unspecified atom stereocenters. The minimum Gasteiger partial charge on any atom is -0.444 e. The Bertz CT molecular complexity index is 772. The third kappa shape index (κ3) is 4.25. The number of ether oxygens (including phenoxy) is 1. The van der Waals surface area contributed by atoms with E-state index in [2.05, 4.69) is 0 Å². The number of rotatable bonds is 2. The highest BCUT2D eigenvalue weighted by atomic mass is 32.1. The van der Waals surface area contributed by atoms with E-state index in [0.29, 0.717) is 26.2 Å². The number of piperazine rings is 1. The summed E-state index contributed by atoms with van der Waals surface area (Å²) in [6.45, 7) is 7.58. The average molecular weight is 372 g/mol. The third-order valence-electron chi connectivity index (χ3n) is 4.16. The van der Waals surface area contributed by atoms with Crippen LogP contribution in [0.4, 0.5) is 4.79 Å². The third-order valence-corrected chi connectivity index (χ3v) is 5.07. The molecule has 0 spiro atoms. The molecule has 1 aromatic heterocycles. The van der Waals surface area contributed by atoms with Crippen LogP contribution in [0.1, 0.15) is 30.4 Å². The first kappa shape index (κ1) is 18.5. The highest BCUT2D eigenvalue weighted by molar-refractivity contribution is 7.12. The van der Waals surface area contributed by atoms with E-state index < -0.39 is 5.60 Å². The molecule has 0 atom stereocenters. The Kier molecular flexibility index (Phi) is 5.32. The van der Waals surface area contributed by atoms with E-state index in [9.17, 15) is 9.59 Å². The zero-order valence-corrected chi connectivity index (χ0v) is 16.2. The summed E-state index contributed by atoms with van der Waals surface area (Å²) in [4.78, 5) is 29.4. The summed E-state index contributed by atoms with van der Waals surface area (Å²) in [7, 11) is 0. The zero-order chi connectivity index (χ0) is 18.7. The number of benzene rings is 1. The fourth-order valence-corrected chi connectivity index (χ4v) is 3.77. The SMILES string of the molecule is CC(C)(C)OC(=O)N1CCN(C(=O)c2sccc2-c2ccccc2)CC1. The van der Waals surface area contributed by atoms with E-state index in [1.807, 2.05) is 67.4 Å². The molecule has 0 bridgehead atoms. The summed E-state index contributed by atoms with van der Waals surface area (Å²) in [5.74, 6) is 0.0303. The Balaban J connectivity index is 1.65. The van der Waals surface area contributed by atoms with Gasteiger partial charge < -0.3 is 14.5 Å². The Labute approximate surface area is 158 Å². The van der Waals surface area contributed by atoms with Gasteiger partial charge in [0.15, 0.2) is 0 Å². The molecule has 138 valence electrons. The molecule has 3 rings (SSSR count). The van der Waals surface area contributed by atoms with Gasteiger partial charge in [-0.3, -0.25) is 4.79 Å². The van der Waals surface area contributed by atoms with Crippen molar-refractivity contribution in [2.45, 2.75) is 26.4 Å².